The number of hydrogen-bond donors (Lipinski definition) is 0. The van der Waals surface area contributed by atoms with Gasteiger partial charge >= 0.3 is 5.97 Å². The van der Waals surface area contributed by atoms with Gasteiger partial charge in [0.05, 0.1) is 13.7 Å². The van der Waals surface area contributed by atoms with E-state index in [1.807, 2.05) is 26.0 Å². The van der Waals surface area contributed by atoms with Gasteiger partial charge in [-0.15, -0.1) is 0 Å². The zero-order valence-electron chi connectivity index (χ0n) is 10.1. The standard InChI is InChI=1S/C13H18O3/c1-4-9-16-12-10(5-2)7-6-8-11(12)13(14)15-3/h6-8H,4-5,9H2,1-3H3. The molecule has 0 aromatic heterocycles. The third-order valence-corrected chi connectivity index (χ3v) is 2.33. The fourth-order valence-electron chi connectivity index (χ4n) is 1.51. The van der Waals surface area contributed by atoms with Crippen LogP contribution in [0.15, 0.2) is 18.2 Å². The number of hydrogen-bond acceptors (Lipinski definition) is 3. The maximum Gasteiger partial charge on any atom is 0.341 e. The molecule has 0 aliphatic heterocycles. The van der Waals surface area contributed by atoms with Crippen molar-refractivity contribution < 1.29 is 14.3 Å². The second-order valence-corrected chi connectivity index (χ2v) is 3.49. The first kappa shape index (κ1) is 12.6. The molecular formula is C13H18O3. The molecule has 0 atom stereocenters. The Morgan fingerprint density at radius 1 is 1.31 bits per heavy atom. The Morgan fingerprint density at radius 2 is 2.06 bits per heavy atom. The van der Waals surface area contributed by atoms with Crippen LogP contribution in [-0.4, -0.2) is 19.7 Å². The van der Waals surface area contributed by atoms with Gasteiger partial charge in [-0.05, 0) is 24.5 Å². The molecular weight excluding hydrogens is 204 g/mol. The summed E-state index contributed by atoms with van der Waals surface area (Å²) in [6.07, 6.45) is 1.75. The highest BCUT2D eigenvalue weighted by Crippen LogP contribution is 2.25. The molecule has 0 aliphatic carbocycles. The van der Waals surface area contributed by atoms with Gasteiger partial charge in [0.1, 0.15) is 11.3 Å². The van der Waals surface area contributed by atoms with Crippen LogP contribution in [0.4, 0.5) is 0 Å². The average molecular weight is 222 g/mol. The molecule has 88 valence electrons. The number of para-hydroxylation sites is 1. The van der Waals surface area contributed by atoms with Crippen molar-refractivity contribution >= 4 is 5.97 Å². The van der Waals surface area contributed by atoms with Gasteiger partial charge < -0.3 is 9.47 Å². The smallest absolute Gasteiger partial charge is 0.341 e. The Bertz CT molecular complexity index is 358. The van der Waals surface area contributed by atoms with E-state index in [-0.39, 0.29) is 5.97 Å². The van der Waals surface area contributed by atoms with Crippen molar-refractivity contribution in [1.29, 1.82) is 0 Å². The minimum absolute atomic E-state index is 0.346. The molecule has 0 unspecified atom stereocenters. The summed E-state index contributed by atoms with van der Waals surface area (Å²) in [6.45, 7) is 4.68. The molecule has 0 aliphatic rings. The van der Waals surface area contributed by atoms with Crippen LogP contribution in [-0.2, 0) is 11.2 Å². The predicted molar refractivity (Wildman–Crippen MR) is 62.9 cm³/mol. The molecule has 0 bridgehead atoms. The van der Waals surface area contributed by atoms with Crippen LogP contribution in [0, 0.1) is 0 Å². The third kappa shape index (κ3) is 2.75. The number of ether oxygens (including phenoxy) is 2. The predicted octanol–water partition coefficient (Wildman–Crippen LogP) is 2.82. The molecule has 0 fully saturated rings. The van der Waals surface area contributed by atoms with Crippen LogP contribution in [0.25, 0.3) is 0 Å². The molecule has 1 aromatic rings. The van der Waals surface area contributed by atoms with E-state index >= 15 is 0 Å². The van der Waals surface area contributed by atoms with E-state index in [1.165, 1.54) is 7.11 Å². The number of esters is 1. The Kier molecular flexibility index (Phi) is 4.83. The Labute approximate surface area is 96.4 Å². The van der Waals surface area contributed by atoms with Crippen LogP contribution in [0.5, 0.6) is 5.75 Å². The Balaban J connectivity index is 3.09. The van der Waals surface area contributed by atoms with E-state index in [9.17, 15) is 4.79 Å². The highest BCUT2D eigenvalue weighted by Gasteiger charge is 2.15. The summed E-state index contributed by atoms with van der Waals surface area (Å²) >= 11 is 0. The first-order valence-electron chi connectivity index (χ1n) is 5.57. The lowest BCUT2D eigenvalue weighted by Crippen LogP contribution is -2.08. The molecule has 0 radical (unpaired) electrons. The quantitative estimate of drug-likeness (QED) is 0.719. The van der Waals surface area contributed by atoms with Gasteiger partial charge in [0.2, 0.25) is 0 Å². The maximum absolute atomic E-state index is 11.6. The lowest BCUT2D eigenvalue weighted by atomic mass is 10.1. The van der Waals surface area contributed by atoms with Crippen LogP contribution in [0.3, 0.4) is 0 Å². The highest BCUT2D eigenvalue weighted by molar-refractivity contribution is 5.92. The minimum atomic E-state index is -0.346. The minimum Gasteiger partial charge on any atom is -0.492 e. The van der Waals surface area contributed by atoms with Crippen molar-refractivity contribution in [2.24, 2.45) is 0 Å². The number of carbonyl (C=O) groups excluding carboxylic acids is 1. The van der Waals surface area contributed by atoms with Gasteiger partial charge in [0.25, 0.3) is 0 Å². The van der Waals surface area contributed by atoms with Crippen molar-refractivity contribution in [3.8, 4) is 5.75 Å². The summed E-state index contributed by atoms with van der Waals surface area (Å²) in [4.78, 5) is 11.6. The Morgan fingerprint density at radius 3 is 2.62 bits per heavy atom. The molecule has 1 rings (SSSR count). The largest absolute Gasteiger partial charge is 0.492 e. The van der Waals surface area contributed by atoms with Gasteiger partial charge in [-0.1, -0.05) is 26.0 Å². The molecule has 0 saturated heterocycles. The van der Waals surface area contributed by atoms with Crippen molar-refractivity contribution in [2.45, 2.75) is 26.7 Å². The first-order valence-corrected chi connectivity index (χ1v) is 5.57. The lowest BCUT2D eigenvalue weighted by Gasteiger charge is -2.13. The molecule has 0 N–H and O–H groups in total. The van der Waals surface area contributed by atoms with Gasteiger partial charge in [-0.3, -0.25) is 0 Å². The van der Waals surface area contributed by atoms with Crippen molar-refractivity contribution in [3.05, 3.63) is 29.3 Å². The average Bonchev–Trinajstić information content (AvgIpc) is 2.34. The Hall–Kier alpha value is -1.51. The summed E-state index contributed by atoms with van der Waals surface area (Å²) in [5.41, 5.74) is 1.55. The van der Waals surface area contributed by atoms with Gasteiger partial charge in [-0.25, -0.2) is 4.79 Å². The summed E-state index contributed by atoms with van der Waals surface area (Å²) in [5.74, 6) is 0.320. The summed E-state index contributed by atoms with van der Waals surface area (Å²) in [5, 5.41) is 0. The second-order valence-electron chi connectivity index (χ2n) is 3.49. The summed E-state index contributed by atoms with van der Waals surface area (Å²) in [7, 11) is 1.38. The normalized spacial score (nSPS) is 9.94. The summed E-state index contributed by atoms with van der Waals surface area (Å²) < 4.78 is 10.4. The zero-order chi connectivity index (χ0) is 12.0. The number of carbonyl (C=O) groups is 1. The molecule has 0 spiro atoms. The van der Waals surface area contributed by atoms with Crippen molar-refractivity contribution in [2.75, 3.05) is 13.7 Å². The second kappa shape index (κ2) is 6.16. The topological polar surface area (TPSA) is 35.5 Å². The molecule has 3 nitrogen and oxygen atoms in total. The number of rotatable bonds is 5. The molecule has 0 heterocycles. The highest BCUT2D eigenvalue weighted by atomic mass is 16.5. The molecule has 1 aromatic carbocycles. The van der Waals surface area contributed by atoms with E-state index in [0.29, 0.717) is 17.9 Å². The van der Waals surface area contributed by atoms with Crippen LogP contribution in [0.1, 0.15) is 36.2 Å². The SMILES string of the molecule is CCCOc1c(CC)cccc1C(=O)OC. The van der Waals surface area contributed by atoms with Gasteiger partial charge in [0.15, 0.2) is 0 Å². The number of aryl methyl sites for hydroxylation is 1. The lowest BCUT2D eigenvalue weighted by molar-refractivity contribution is 0.0595. The third-order valence-electron chi connectivity index (χ3n) is 2.33. The van der Waals surface area contributed by atoms with E-state index in [4.69, 9.17) is 9.47 Å². The van der Waals surface area contributed by atoms with Crippen LogP contribution >= 0.6 is 0 Å². The van der Waals surface area contributed by atoms with Crippen molar-refractivity contribution in [3.63, 3.8) is 0 Å². The fourth-order valence-corrected chi connectivity index (χ4v) is 1.51. The van der Waals surface area contributed by atoms with Crippen LogP contribution < -0.4 is 4.74 Å². The number of methoxy groups -OCH3 is 1. The van der Waals surface area contributed by atoms with Gasteiger partial charge in [-0.2, -0.15) is 0 Å². The van der Waals surface area contributed by atoms with Crippen molar-refractivity contribution in [1.82, 2.24) is 0 Å². The first-order chi connectivity index (χ1) is 7.74. The monoisotopic (exact) mass is 222 g/mol. The van der Waals surface area contributed by atoms with Crippen LogP contribution in [0.2, 0.25) is 0 Å². The molecule has 16 heavy (non-hydrogen) atoms. The maximum atomic E-state index is 11.6. The fraction of sp³-hybridized carbons (Fsp3) is 0.462. The summed E-state index contributed by atoms with van der Waals surface area (Å²) in [6, 6.07) is 5.55. The number of benzene rings is 1. The molecule has 3 heteroatoms. The van der Waals surface area contributed by atoms with Gasteiger partial charge in [0, 0.05) is 0 Å². The van der Waals surface area contributed by atoms with E-state index in [2.05, 4.69) is 0 Å². The molecule has 0 amide bonds. The molecule has 0 saturated carbocycles. The van der Waals surface area contributed by atoms with E-state index < -0.39 is 0 Å². The zero-order valence-corrected chi connectivity index (χ0v) is 10.1. The van der Waals surface area contributed by atoms with E-state index in [0.717, 1.165) is 18.4 Å². The van der Waals surface area contributed by atoms with E-state index in [1.54, 1.807) is 6.07 Å².